The monoisotopic (exact) mass is 206 g/mol. The van der Waals surface area contributed by atoms with E-state index in [9.17, 15) is 8.78 Å². The summed E-state index contributed by atoms with van der Waals surface area (Å²) in [6, 6.07) is 0. The zero-order chi connectivity index (χ0) is 10.4. The highest BCUT2D eigenvalue weighted by atomic mass is 19.3. The van der Waals surface area contributed by atoms with Gasteiger partial charge in [0.05, 0.1) is 6.54 Å². The zero-order valence-electron chi connectivity index (χ0n) is 8.81. The van der Waals surface area contributed by atoms with Gasteiger partial charge in [0.15, 0.2) is 0 Å². The van der Waals surface area contributed by atoms with Gasteiger partial charge in [-0.05, 0) is 51.9 Å². The molecule has 0 unspecified atom stereocenters. The Bertz CT molecular complexity index is 145. The van der Waals surface area contributed by atoms with Gasteiger partial charge in [0.2, 0.25) is 0 Å². The van der Waals surface area contributed by atoms with Crippen molar-refractivity contribution < 1.29 is 8.78 Å². The first-order chi connectivity index (χ1) is 6.68. The average Bonchev–Trinajstić information content (AvgIpc) is 2.15. The SMILES string of the molecule is CN1CCC(CCNCC(F)F)CC1. The number of nitrogens with one attached hydrogen (secondary N) is 1. The second kappa shape index (κ2) is 6.30. The molecule has 1 fully saturated rings. The standard InChI is InChI=1S/C10H20F2N2/c1-14-6-3-9(4-7-14)2-5-13-8-10(11)12/h9-10,13H,2-8H2,1H3. The molecule has 0 radical (unpaired) electrons. The van der Waals surface area contributed by atoms with E-state index in [1.807, 2.05) is 0 Å². The first-order valence-electron chi connectivity index (χ1n) is 5.36. The summed E-state index contributed by atoms with van der Waals surface area (Å²) in [5.74, 6) is 0.733. The van der Waals surface area contributed by atoms with Gasteiger partial charge in [-0.3, -0.25) is 0 Å². The topological polar surface area (TPSA) is 15.3 Å². The van der Waals surface area contributed by atoms with E-state index in [0.717, 1.165) is 32.0 Å². The third-order valence-electron chi connectivity index (χ3n) is 2.87. The highest BCUT2D eigenvalue weighted by Gasteiger charge is 2.15. The molecule has 14 heavy (non-hydrogen) atoms. The van der Waals surface area contributed by atoms with Gasteiger partial charge in [-0.2, -0.15) is 0 Å². The second-order valence-electron chi connectivity index (χ2n) is 4.13. The van der Waals surface area contributed by atoms with Crippen molar-refractivity contribution in [3.8, 4) is 0 Å². The highest BCUT2D eigenvalue weighted by molar-refractivity contribution is 4.70. The average molecular weight is 206 g/mol. The number of piperidine rings is 1. The van der Waals surface area contributed by atoms with E-state index in [0.29, 0.717) is 0 Å². The molecule has 0 saturated carbocycles. The molecule has 0 bridgehead atoms. The van der Waals surface area contributed by atoms with Crippen molar-refractivity contribution in [2.75, 3.05) is 33.2 Å². The molecule has 1 rings (SSSR count). The predicted molar refractivity (Wildman–Crippen MR) is 53.7 cm³/mol. The molecule has 1 N–H and O–H groups in total. The molecular formula is C10H20F2N2. The van der Waals surface area contributed by atoms with E-state index in [2.05, 4.69) is 17.3 Å². The van der Waals surface area contributed by atoms with Gasteiger partial charge in [0.25, 0.3) is 6.43 Å². The lowest BCUT2D eigenvalue weighted by molar-refractivity contribution is 0.144. The number of halogens is 2. The summed E-state index contributed by atoms with van der Waals surface area (Å²) in [5, 5.41) is 2.78. The Morgan fingerprint density at radius 1 is 1.36 bits per heavy atom. The van der Waals surface area contributed by atoms with Gasteiger partial charge in [0, 0.05) is 0 Å². The van der Waals surface area contributed by atoms with Crippen molar-refractivity contribution in [1.29, 1.82) is 0 Å². The third kappa shape index (κ3) is 4.86. The van der Waals surface area contributed by atoms with Crippen LogP contribution in [-0.2, 0) is 0 Å². The van der Waals surface area contributed by atoms with Crippen LogP contribution in [-0.4, -0.2) is 44.6 Å². The van der Waals surface area contributed by atoms with Crippen LogP contribution in [0.2, 0.25) is 0 Å². The van der Waals surface area contributed by atoms with E-state index < -0.39 is 6.43 Å². The first-order valence-corrected chi connectivity index (χ1v) is 5.36. The maximum Gasteiger partial charge on any atom is 0.250 e. The number of hydrogen-bond donors (Lipinski definition) is 1. The fraction of sp³-hybridized carbons (Fsp3) is 1.00. The smallest absolute Gasteiger partial charge is 0.250 e. The third-order valence-corrected chi connectivity index (χ3v) is 2.87. The number of rotatable bonds is 5. The quantitative estimate of drug-likeness (QED) is 0.687. The fourth-order valence-electron chi connectivity index (χ4n) is 1.87. The number of hydrogen-bond acceptors (Lipinski definition) is 2. The molecule has 0 aromatic rings. The minimum atomic E-state index is -2.22. The molecule has 4 heteroatoms. The maximum atomic E-state index is 11.8. The summed E-state index contributed by atoms with van der Waals surface area (Å²) in [6.45, 7) is 2.88. The Labute approximate surface area is 84.7 Å². The Balaban J connectivity index is 1.96. The molecular weight excluding hydrogens is 186 g/mol. The van der Waals surface area contributed by atoms with Crippen LogP contribution in [0.15, 0.2) is 0 Å². The Morgan fingerprint density at radius 2 is 2.00 bits per heavy atom. The first kappa shape index (κ1) is 11.9. The van der Waals surface area contributed by atoms with Crippen LogP contribution in [0, 0.1) is 5.92 Å². The van der Waals surface area contributed by atoms with Crippen molar-refractivity contribution in [2.24, 2.45) is 5.92 Å². The van der Waals surface area contributed by atoms with Crippen molar-refractivity contribution >= 4 is 0 Å². The largest absolute Gasteiger partial charge is 0.311 e. The molecule has 0 atom stereocenters. The van der Waals surface area contributed by atoms with Gasteiger partial charge in [0.1, 0.15) is 0 Å². The lowest BCUT2D eigenvalue weighted by Gasteiger charge is -2.28. The number of nitrogens with zero attached hydrogens (tertiary/aromatic N) is 1. The Hall–Kier alpha value is -0.220. The van der Waals surface area contributed by atoms with Crippen LogP contribution in [0.4, 0.5) is 8.78 Å². The molecule has 0 spiro atoms. The molecule has 1 heterocycles. The summed E-state index contributed by atoms with van der Waals surface area (Å²) in [6.07, 6.45) is 1.26. The van der Waals surface area contributed by atoms with Crippen molar-refractivity contribution in [3.63, 3.8) is 0 Å². The van der Waals surface area contributed by atoms with Crippen LogP contribution >= 0.6 is 0 Å². The number of alkyl halides is 2. The van der Waals surface area contributed by atoms with Crippen LogP contribution in [0.25, 0.3) is 0 Å². The van der Waals surface area contributed by atoms with E-state index in [4.69, 9.17) is 0 Å². The molecule has 2 nitrogen and oxygen atoms in total. The Morgan fingerprint density at radius 3 is 2.57 bits per heavy atom. The highest BCUT2D eigenvalue weighted by Crippen LogP contribution is 2.18. The molecule has 0 aromatic heterocycles. The van der Waals surface area contributed by atoms with Crippen LogP contribution < -0.4 is 5.32 Å². The summed E-state index contributed by atoms with van der Waals surface area (Å²) in [4.78, 5) is 2.32. The van der Waals surface area contributed by atoms with Gasteiger partial charge >= 0.3 is 0 Å². The van der Waals surface area contributed by atoms with Gasteiger partial charge in [-0.15, -0.1) is 0 Å². The molecule has 1 aliphatic heterocycles. The van der Waals surface area contributed by atoms with E-state index >= 15 is 0 Å². The molecule has 0 amide bonds. The summed E-state index contributed by atoms with van der Waals surface area (Å²) in [5.41, 5.74) is 0. The van der Waals surface area contributed by atoms with Crippen LogP contribution in [0.3, 0.4) is 0 Å². The van der Waals surface area contributed by atoms with E-state index in [-0.39, 0.29) is 6.54 Å². The van der Waals surface area contributed by atoms with Gasteiger partial charge in [-0.1, -0.05) is 0 Å². The van der Waals surface area contributed by atoms with Crippen LogP contribution in [0.1, 0.15) is 19.3 Å². The summed E-state index contributed by atoms with van der Waals surface area (Å²) in [7, 11) is 2.13. The summed E-state index contributed by atoms with van der Waals surface area (Å²) < 4.78 is 23.6. The number of likely N-dealkylation sites (tertiary alicyclic amines) is 1. The Kier molecular flexibility index (Phi) is 5.33. The van der Waals surface area contributed by atoms with Gasteiger partial charge in [-0.25, -0.2) is 8.78 Å². The lowest BCUT2D eigenvalue weighted by atomic mass is 9.94. The lowest BCUT2D eigenvalue weighted by Crippen LogP contribution is -2.32. The minimum Gasteiger partial charge on any atom is -0.311 e. The molecule has 0 aromatic carbocycles. The molecule has 1 aliphatic rings. The molecule has 1 saturated heterocycles. The van der Waals surface area contributed by atoms with Crippen molar-refractivity contribution in [3.05, 3.63) is 0 Å². The zero-order valence-corrected chi connectivity index (χ0v) is 8.81. The van der Waals surface area contributed by atoms with Crippen LogP contribution in [0.5, 0.6) is 0 Å². The minimum absolute atomic E-state index is 0.160. The second-order valence-corrected chi connectivity index (χ2v) is 4.13. The van der Waals surface area contributed by atoms with E-state index in [1.165, 1.54) is 12.8 Å². The van der Waals surface area contributed by atoms with Crippen molar-refractivity contribution in [1.82, 2.24) is 10.2 Å². The molecule has 84 valence electrons. The maximum absolute atomic E-state index is 11.8. The molecule has 0 aliphatic carbocycles. The van der Waals surface area contributed by atoms with Gasteiger partial charge < -0.3 is 10.2 Å². The summed E-state index contributed by atoms with van der Waals surface area (Å²) >= 11 is 0. The van der Waals surface area contributed by atoms with Crippen molar-refractivity contribution in [2.45, 2.75) is 25.7 Å². The predicted octanol–water partition coefficient (Wildman–Crippen LogP) is 1.57. The normalized spacial score (nSPS) is 20.6. The van der Waals surface area contributed by atoms with E-state index in [1.54, 1.807) is 0 Å². The fourth-order valence-corrected chi connectivity index (χ4v) is 1.87.